The third-order valence-electron chi connectivity index (χ3n) is 3.88. The fourth-order valence-corrected chi connectivity index (χ4v) is 2.69. The van der Waals surface area contributed by atoms with Crippen LogP contribution < -0.4 is 0 Å². The monoisotopic (exact) mass is 291 g/mol. The lowest BCUT2D eigenvalue weighted by molar-refractivity contribution is -0.145. The van der Waals surface area contributed by atoms with Crippen LogP contribution in [0.25, 0.3) is 0 Å². The molecule has 1 aliphatic rings. The molecule has 1 atom stereocenters. The molecule has 1 unspecified atom stereocenters. The average Bonchev–Trinajstić information content (AvgIpc) is 2.97. The third-order valence-corrected chi connectivity index (χ3v) is 3.88. The molecule has 114 valence electrons. The van der Waals surface area contributed by atoms with Gasteiger partial charge in [0.2, 0.25) is 0 Å². The van der Waals surface area contributed by atoms with Gasteiger partial charge in [-0.1, -0.05) is 24.3 Å². The highest BCUT2D eigenvalue weighted by molar-refractivity contribution is 5.73. The molecule has 0 aliphatic carbocycles. The van der Waals surface area contributed by atoms with Crippen molar-refractivity contribution in [3.05, 3.63) is 35.4 Å². The Morgan fingerprint density at radius 1 is 1.19 bits per heavy atom. The molecular weight excluding hydrogens is 270 g/mol. The Balaban J connectivity index is 2.00. The first-order valence-electron chi connectivity index (χ1n) is 7.07. The molecule has 1 aromatic rings. The first-order chi connectivity index (χ1) is 10.1. The molecule has 21 heavy (non-hydrogen) atoms. The predicted octanol–water partition coefficient (Wildman–Crippen LogP) is 1.40. The number of benzene rings is 1. The van der Waals surface area contributed by atoms with Crippen LogP contribution in [-0.2, 0) is 32.0 Å². The summed E-state index contributed by atoms with van der Waals surface area (Å²) in [6.07, 6.45) is 1.10. The lowest BCUT2D eigenvalue weighted by atomic mass is 10.0. The van der Waals surface area contributed by atoms with Gasteiger partial charge in [-0.15, -0.1) is 0 Å². The fraction of sp³-hybridized carbons (Fsp3) is 0.500. The molecule has 1 saturated heterocycles. The molecule has 0 bridgehead atoms. The van der Waals surface area contributed by atoms with Gasteiger partial charge >= 0.3 is 11.9 Å². The highest BCUT2D eigenvalue weighted by atomic mass is 16.5. The van der Waals surface area contributed by atoms with Crippen molar-refractivity contribution in [3.63, 3.8) is 0 Å². The summed E-state index contributed by atoms with van der Waals surface area (Å²) < 4.78 is 9.53. The second-order valence-electron chi connectivity index (χ2n) is 5.27. The van der Waals surface area contributed by atoms with E-state index in [0.717, 1.165) is 30.6 Å². The van der Waals surface area contributed by atoms with E-state index in [2.05, 4.69) is 4.90 Å². The van der Waals surface area contributed by atoms with Crippen LogP contribution in [0.2, 0.25) is 0 Å². The Morgan fingerprint density at radius 3 is 2.57 bits per heavy atom. The molecule has 5 heteroatoms. The van der Waals surface area contributed by atoms with Crippen LogP contribution in [0.5, 0.6) is 0 Å². The zero-order valence-electron chi connectivity index (χ0n) is 12.5. The van der Waals surface area contributed by atoms with E-state index in [1.165, 1.54) is 14.2 Å². The van der Waals surface area contributed by atoms with Gasteiger partial charge in [0, 0.05) is 13.1 Å². The van der Waals surface area contributed by atoms with Crippen LogP contribution in [0.3, 0.4) is 0 Å². The summed E-state index contributed by atoms with van der Waals surface area (Å²) in [5.74, 6) is -0.417. The summed E-state index contributed by atoms with van der Waals surface area (Å²) in [5.41, 5.74) is 2.08. The van der Waals surface area contributed by atoms with Crippen molar-refractivity contribution in [1.29, 1.82) is 0 Å². The highest BCUT2D eigenvalue weighted by Crippen LogP contribution is 2.21. The molecule has 0 spiro atoms. The maximum Gasteiger partial charge on any atom is 0.310 e. The van der Waals surface area contributed by atoms with Crippen LogP contribution in [0, 0.1) is 5.92 Å². The molecule has 0 radical (unpaired) electrons. The minimum atomic E-state index is -0.240. The molecule has 1 aromatic carbocycles. The van der Waals surface area contributed by atoms with Crippen molar-refractivity contribution < 1.29 is 19.1 Å². The highest BCUT2D eigenvalue weighted by Gasteiger charge is 2.29. The summed E-state index contributed by atoms with van der Waals surface area (Å²) in [7, 11) is 2.82. The maximum absolute atomic E-state index is 11.6. The Morgan fingerprint density at radius 2 is 1.90 bits per heavy atom. The number of esters is 2. The Kier molecular flexibility index (Phi) is 5.33. The summed E-state index contributed by atoms with van der Waals surface area (Å²) in [4.78, 5) is 25.2. The van der Waals surface area contributed by atoms with Gasteiger partial charge in [0.05, 0.1) is 26.6 Å². The first kappa shape index (κ1) is 15.5. The van der Waals surface area contributed by atoms with E-state index in [4.69, 9.17) is 9.47 Å². The Bertz CT molecular complexity index is 515. The van der Waals surface area contributed by atoms with E-state index in [0.29, 0.717) is 6.54 Å². The van der Waals surface area contributed by atoms with E-state index >= 15 is 0 Å². The first-order valence-corrected chi connectivity index (χ1v) is 7.07. The molecule has 5 nitrogen and oxygen atoms in total. The Hall–Kier alpha value is -1.88. The van der Waals surface area contributed by atoms with E-state index in [1.54, 1.807) is 0 Å². The quantitative estimate of drug-likeness (QED) is 0.768. The number of methoxy groups -OCH3 is 2. The summed E-state index contributed by atoms with van der Waals surface area (Å²) >= 11 is 0. The summed E-state index contributed by atoms with van der Waals surface area (Å²) in [6, 6.07) is 7.84. The topological polar surface area (TPSA) is 55.8 Å². The second kappa shape index (κ2) is 7.22. The van der Waals surface area contributed by atoms with Crippen molar-refractivity contribution in [2.45, 2.75) is 19.4 Å². The number of hydrogen-bond donors (Lipinski definition) is 0. The van der Waals surface area contributed by atoms with E-state index < -0.39 is 0 Å². The van der Waals surface area contributed by atoms with Crippen molar-refractivity contribution >= 4 is 11.9 Å². The zero-order chi connectivity index (χ0) is 15.2. The number of rotatable bonds is 5. The zero-order valence-corrected chi connectivity index (χ0v) is 12.5. The number of carbonyl (C=O) groups excluding carboxylic acids is 2. The van der Waals surface area contributed by atoms with Crippen LogP contribution in [-0.4, -0.2) is 44.1 Å². The van der Waals surface area contributed by atoms with Gasteiger partial charge in [0.1, 0.15) is 0 Å². The smallest absolute Gasteiger partial charge is 0.310 e. The average molecular weight is 291 g/mol. The van der Waals surface area contributed by atoms with Gasteiger partial charge in [-0.2, -0.15) is 0 Å². The van der Waals surface area contributed by atoms with Crippen molar-refractivity contribution in [1.82, 2.24) is 4.90 Å². The standard InChI is InChI=1S/C16H21NO4/c1-20-15(18)9-12-5-3-4-6-13(12)10-17-8-7-14(11-17)16(19)21-2/h3-6,14H,7-11H2,1-2H3. The minimum Gasteiger partial charge on any atom is -0.469 e. The van der Waals surface area contributed by atoms with Crippen LogP contribution in [0.15, 0.2) is 24.3 Å². The summed E-state index contributed by atoms with van der Waals surface area (Å²) in [5, 5.41) is 0. The van der Waals surface area contributed by atoms with Crippen molar-refractivity contribution in [2.75, 3.05) is 27.3 Å². The molecule has 2 rings (SSSR count). The number of nitrogens with zero attached hydrogens (tertiary/aromatic N) is 1. The SMILES string of the molecule is COC(=O)Cc1ccccc1CN1CCC(C(=O)OC)C1. The minimum absolute atomic E-state index is 0.0391. The van der Waals surface area contributed by atoms with Crippen molar-refractivity contribution in [2.24, 2.45) is 5.92 Å². The molecule has 0 N–H and O–H groups in total. The predicted molar refractivity (Wildman–Crippen MR) is 77.6 cm³/mol. The Labute approximate surface area is 124 Å². The van der Waals surface area contributed by atoms with Gasteiger partial charge in [0.15, 0.2) is 0 Å². The number of ether oxygens (including phenoxy) is 2. The molecule has 1 aliphatic heterocycles. The summed E-state index contributed by atoms with van der Waals surface area (Å²) in [6.45, 7) is 2.31. The maximum atomic E-state index is 11.6. The lowest BCUT2D eigenvalue weighted by Gasteiger charge is -2.17. The lowest BCUT2D eigenvalue weighted by Crippen LogP contribution is -2.24. The van der Waals surface area contributed by atoms with Gasteiger partial charge in [-0.05, 0) is 24.1 Å². The molecule has 1 heterocycles. The van der Waals surface area contributed by atoms with Gasteiger partial charge in [-0.3, -0.25) is 14.5 Å². The normalized spacial score (nSPS) is 18.5. The van der Waals surface area contributed by atoms with E-state index in [9.17, 15) is 9.59 Å². The van der Waals surface area contributed by atoms with Crippen molar-refractivity contribution in [3.8, 4) is 0 Å². The molecular formula is C16H21NO4. The van der Waals surface area contributed by atoms with Crippen LogP contribution in [0.1, 0.15) is 17.5 Å². The van der Waals surface area contributed by atoms with Gasteiger partial charge < -0.3 is 9.47 Å². The van der Waals surface area contributed by atoms with Crippen LogP contribution in [0.4, 0.5) is 0 Å². The largest absolute Gasteiger partial charge is 0.469 e. The second-order valence-corrected chi connectivity index (χ2v) is 5.27. The molecule has 1 fully saturated rings. The number of hydrogen-bond acceptors (Lipinski definition) is 5. The molecule has 0 saturated carbocycles. The third kappa shape index (κ3) is 4.04. The fourth-order valence-electron chi connectivity index (χ4n) is 2.69. The molecule has 0 aromatic heterocycles. The van der Waals surface area contributed by atoms with Gasteiger partial charge in [-0.25, -0.2) is 0 Å². The van der Waals surface area contributed by atoms with Crippen LogP contribution >= 0.6 is 0 Å². The van der Waals surface area contributed by atoms with E-state index in [-0.39, 0.29) is 24.3 Å². The van der Waals surface area contributed by atoms with Gasteiger partial charge in [0.25, 0.3) is 0 Å². The number of carbonyl (C=O) groups is 2. The molecule has 0 amide bonds. The number of likely N-dealkylation sites (tertiary alicyclic amines) is 1. The van der Waals surface area contributed by atoms with E-state index in [1.807, 2.05) is 24.3 Å².